The van der Waals surface area contributed by atoms with Crippen LogP contribution in [-0.2, 0) is 4.79 Å². The van der Waals surface area contributed by atoms with Gasteiger partial charge in [0, 0.05) is 12.3 Å². The minimum atomic E-state index is -0.169. The first-order valence-electron chi connectivity index (χ1n) is 9.99. The molecule has 1 aliphatic rings. The summed E-state index contributed by atoms with van der Waals surface area (Å²) in [5.41, 5.74) is 1.23. The third-order valence-electron chi connectivity index (χ3n) is 5.55. The van der Waals surface area contributed by atoms with Gasteiger partial charge >= 0.3 is 0 Å². The van der Waals surface area contributed by atoms with Gasteiger partial charge in [-0.2, -0.15) is 0 Å². The van der Waals surface area contributed by atoms with Crippen LogP contribution in [0.25, 0.3) is 0 Å². The Bertz CT molecular complexity index is 471. The van der Waals surface area contributed by atoms with E-state index in [2.05, 4.69) is 6.92 Å². The molecule has 1 fully saturated rings. The van der Waals surface area contributed by atoms with Crippen molar-refractivity contribution in [2.45, 2.75) is 89.9 Å². The van der Waals surface area contributed by atoms with Crippen molar-refractivity contribution in [2.24, 2.45) is 5.92 Å². The van der Waals surface area contributed by atoms with Gasteiger partial charge in [-0.05, 0) is 55.7 Å². The maximum absolute atomic E-state index is 13.0. The van der Waals surface area contributed by atoms with Gasteiger partial charge < -0.3 is 0 Å². The molecule has 0 atom stereocenters. The van der Waals surface area contributed by atoms with E-state index in [0.29, 0.717) is 11.7 Å². The highest BCUT2D eigenvalue weighted by atomic mass is 19.1. The van der Waals surface area contributed by atoms with Crippen LogP contribution in [0.3, 0.4) is 0 Å². The SMILES string of the molecule is CCCCCCCCCC(=O)[C@H]1CC[C@H](c2ccc(F)cc2)CC1. The van der Waals surface area contributed by atoms with Crippen molar-refractivity contribution in [3.05, 3.63) is 35.6 Å². The average molecular weight is 333 g/mol. The third-order valence-corrected chi connectivity index (χ3v) is 5.55. The lowest BCUT2D eigenvalue weighted by atomic mass is 9.76. The fraction of sp³-hybridized carbons (Fsp3) is 0.682. The Kier molecular flexibility index (Phi) is 8.49. The highest BCUT2D eigenvalue weighted by Crippen LogP contribution is 2.36. The van der Waals surface area contributed by atoms with Crippen LogP contribution >= 0.6 is 0 Å². The average Bonchev–Trinajstić information content (AvgIpc) is 2.61. The molecule has 1 aliphatic carbocycles. The summed E-state index contributed by atoms with van der Waals surface area (Å²) >= 11 is 0. The summed E-state index contributed by atoms with van der Waals surface area (Å²) in [6.45, 7) is 2.24. The van der Waals surface area contributed by atoms with Gasteiger partial charge in [-0.15, -0.1) is 0 Å². The Labute approximate surface area is 147 Å². The molecule has 0 spiro atoms. The molecule has 0 aliphatic heterocycles. The van der Waals surface area contributed by atoms with Crippen LogP contribution in [0, 0.1) is 11.7 Å². The molecule has 134 valence electrons. The molecule has 2 heteroatoms. The highest BCUT2D eigenvalue weighted by Gasteiger charge is 2.26. The van der Waals surface area contributed by atoms with Crippen molar-refractivity contribution in [3.63, 3.8) is 0 Å². The Hall–Kier alpha value is -1.18. The maximum Gasteiger partial charge on any atom is 0.135 e. The largest absolute Gasteiger partial charge is 0.299 e. The lowest BCUT2D eigenvalue weighted by Crippen LogP contribution is -2.21. The molecular formula is C22H33FO. The Balaban J connectivity index is 1.61. The Morgan fingerprint density at radius 2 is 1.50 bits per heavy atom. The van der Waals surface area contributed by atoms with Crippen molar-refractivity contribution in [1.29, 1.82) is 0 Å². The second-order valence-electron chi connectivity index (χ2n) is 7.44. The van der Waals surface area contributed by atoms with Gasteiger partial charge in [-0.1, -0.05) is 57.6 Å². The molecule has 0 unspecified atom stereocenters. The van der Waals surface area contributed by atoms with Gasteiger partial charge in [-0.25, -0.2) is 4.39 Å². The van der Waals surface area contributed by atoms with E-state index >= 15 is 0 Å². The summed E-state index contributed by atoms with van der Waals surface area (Å²) in [5.74, 6) is 1.11. The number of carbonyl (C=O) groups is 1. The first-order valence-corrected chi connectivity index (χ1v) is 9.99. The zero-order valence-electron chi connectivity index (χ0n) is 15.2. The van der Waals surface area contributed by atoms with Crippen molar-refractivity contribution in [1.82, 2.24) is 0 Å². The van der Waals surface area contributed by atoms with Crippen molar-refractivity contribution in [2.75, 3.05) is 0 Å². The standard InChI is InChI=1S/C22H33FO/c1-2-3-4-5-6-7-8-9-22(24)20-12-10-18(11-13-20)19-14-16-21(23)17-15-19/h14-18,20H,2-13H2,1H3/t18-,20-. The summed E-state index contributed by atoms with van der Waals surface area (Å²) in [5, 5.41) is 0. The Morgan fingerprint density at radius 1 is 0.917 bits per heavy atom. The number of ketones is 1. The number of benzene rings is 1. The number of rotatable bonds is 10. The van der Waals surface area contributed by atoms with E-state index in [9.17, 15) is 9.18 Å². The van der Waals surface area contributed by atoms with Crippen molar-refractivity contribution < 1.29 is 9.18 Å². The summed E-state index contributed by atoms with van der Waals surface area (Å²) in [6.07, 6.45) is 13.8. The van der Waals surface area contributed by atoms with Gasteiger partial charge in [0.25, 0.3) is 0 Å². The molecule has 1 nitrogen and oxygen atoms in total. The molecule has 0 bridgehead atoms. The predicted molar refractivity (Wildman–Crippen MR) is 98.7 cm³/mol. The normalized spacial score (nSPS) is 20.9. The van der Waals surface area contributed by atoms with Crippen LogP contribution in [0.5, 0.6) is 0 Å². The van der Waals surface area contributed by atoms with Crippen molar-refractivity contribution in [3.8, 4) is 0 Å². The first-order chi connectivity index (χ1) is 11.7. The van der Waals surface area contributed by atoms with E-state index in [1.54, 1.807) is 12.1 Å². The molecule has 0 aromatic heterocycles. The molecule has 0 N–H and O–H groups in total. The lowest BCUT2D eigenvalue weighted by Gasteiger charge is -2.28. The third kappa shape index (κ3) is 6.37. The minimum Gasteiger partial charge on any atom is -0.299 e. The number of hydrogen-bond acceptors (Lipinski definition) is 1. The molecular weight excluding hydrogens is 299 g/mol. The van der Waals surface area contributed by atoms with Gasteiger partial charge in [0.1, 0.15) is 11.6 Å². The minimum absolute atomic E-state index is 0.169. The first kappa shape index (κ1) is 19.1. The van der Waals surface area contributed by atoms with Crippen LogP contribution in [-0.4, -0.2) is 5.78 Å². The smallest absolute Gasteiger partial charge is 0.135 e. The second-order valence-corrected chi connectivity index (χ2v) is 7.44. The molecule has 0 radical (unpaired) electrons. The van der Waals surface area contributed by atoms with Crippen LogP contribution < -0.4 is 0 Å². The van der Waals surface area contributed by atoms with E-state index in [4.69, 9.17) is 0 Å². The van der Waals surface area contributed by atoms with Crippen LogP contribution in [0.15, 0.2) is 24.3 Å². The summed E-state index contributed by atoms with van der Waals surface area (Å²) in [7, 11) is 0. The number of unbranched alkanes of at least 4 members (excludes halogenated alkanes) is 6. The lowest BCUT2D eigenvalue weighted by molar-refractivity contribution is -0.124. The van der Waals surface area contributed by atoms with Crippen LogP contribution in [0.2, 0.25) is 0 Å². The molecule has 1 aromatic carbocycles. The molecule has 24 heavy (non-hydrogen) atoms. The van der Waals surface area contributed by atoms with E-state index in [1.807, 2.05) is 12.1 Å². The summed E-state index contributed by atoms with van der Waals surface area (Å²) in [6, 6.07) is 6.90. The van der Waals surface area contributed by atoms with E-state index in [1.165, 1.54) is 44.1 Å². The van der Waals surface area contributed by atoms with Crippen molar-refractivity contribution >= 4 is 5.78 Å². The topological polar surface area (TPSA) is 17.1 Å². The van der Waals surface area contributed by atoms with Gasteiger partial charge in [-0.3, -0.25) is 4.79 Å². The summed E-state index contributed by atoms with van der Waals surface area (Å²) in [4.78, 5) is 12.4. The van der Waals surface area contributed by atoms with Gasteiger partial charge in [0.2, 0.25) is 0 Å². The molecule has 1 saturated carbocycles. The quantitative estimate of drug-likeness (QED) is 0.430. The van der Waals surface area contributed by atoms with Crippen LogP contribution in [0.1, 0.15) is 95.5 Å². The van der Waals surface area contributed by atoms with E-state index < -0.39 is 0 Å². The monoisotopic (exact) mass is 332 g/mol. The number of carbonyl (C=O) groups excluding carboxylic acids is 1. The zero-order chi connectivity index (χ0) is 17.2. The van der Waals surface area contributed by atoms with E-state index in [0.717, 1.165) is 38.5 Å². The fourth-order valence-electron chi connectivity index (χ4n) is 3.94. The molecule has 0 amide bonds. The van der Waals surface area contributed by atoms with E-state index in [-0.39, 0.29) is 11.7 Å². The molecule has 1 aromatic rings. The zero-order valence-corrected chi connectivity index (χ0v) is 15.2. The molecule has 0 heterocycles. The highest BCUT2D eigenvalue weighted by molar-refractivity contribution is 5.81. The predicted octanol–water partition coefficient (Wildman–Crippen LogP) is 6.81. The van der Waals surface area contributed by atoms with Gasteiger partial charge in [0.15, 0.2) is 0 Å². The van der Waals surface area contributed by atoms with Gasteiger partial charge in [0.05, 0.1) is 0 Å². The Morgan fingerprint density at radius 3 is 2.12 bits per heavy atom. The number of Topliss-reactive ketones (excluding diaryl/α,β-unsaturated/α-hetero) is 1. The number of halogens is 1. The summed E-state index contributed by atoms with van der Waals surface area (Å²) < 4.78 is 13.0. The maximum atomic E-state index is 13.0. The molecule has 0 saturated heterocycles. The second kappa shape index (κ2) is 10.6. The number of hydrogen-bond donors (Lipinski definition) is 0. The van der Waals surface area contributed by atoms with Crippen LogP contribution in [0.4, 0.5) is 4.39 Å². The fourth-order valence-corrected chi connectivity index (χ4v) is 3.94. The molecule has 2 rings (SSSR count).